The van der Waals surface area contributed by atoms with Crippen LogP contribution in [0.2, 0.25) is 0 Å². The molecule has 0 unspecified atom stereocenters. The summed E-state index contributed by atoms with van der Waals surface area (Å²) >= 11 is 0. The third-order valence-corrected chi connectivity index (χ3v) is 3.20. The van der Waals surface area contributed by atoms with Gasteiger partial charge in [0, 0.05) is 39.6 Å². The Morgan fingerprint density at radius 1 is 1.28 bits per heavy atom. The minimum absolute atomic E-state index is 0.0380. The number of hydrogen-bond donors (Lipinski definition) is 1. The molecule has 1 saturated heterocycles. The molecule has 0 bridgehead atoms. The number of rotatable bonds is 3. The maximum absolute atomic E-state index is 11.9. The van der Waals surface area contributed by atoms with Crippen molar-refractivity contribution in [2.24, 2.45) is 11.8 Å². The average Bonchev–Trinajstić information content (AvgIpc) is 2.35. The molecule has 104 valence electrons. The lowest BCUT2D eigenvalue weighted by molar-refractivity contribution is -0.126. The lowest BCUT2D eigenvalue weighted by atomic mass is 9.96. The number of hydrogen-bond acceptors (Lipinski definition) is 2. The van der Waals surface area contributed by atoms with Crippen LogP contribution >= 0.6 is 0 Å². The van der Waals surface area contributed by atoms with Crippen LogP contribution in [0.3, 0.4) is 0 Å². The van der Waals surface area contributed by atoms with Gasteiger partial charge in [-0.3, -0.25) is 4.79 Å². The van der Waals surface area contributed by atoms with Crippen LogP contribution in [0, 0.1) is 11.8 Å². The van der Waals surface area contributed by atoms with E-state index in [1.165, 1.54) is 0 Å². The fourth-order valence-electron chi connectivity index (χ4n) is 2.06. The highest BCUT2D eigenvalue weighted by molar-refractivity contribution is 5.79. The summed E-state index contributed by atoms with van der Waals surface area (Å²) in [6, 6.07) is 0.0380. The van der Waals surface area contributed by atoms with E-state index in [2.05, 4.69) is 19.2 Å². The van der Waals surface area contributed by atoms with Crippen LogP contribution in [-0.2, 0) is 4.79 Å². The molecule has 0 atom stereocenters. The summed E-state index contributed by atoms with van der Waals surface area (Å²) in [7, 11) is 3.51. The molecule has 3 amide bonds. The molecule has 1 rings (SSSR count). The van der Waals surface area contributed by atoms with Crippen LogP contribution in [0.5, 0.6) is 0 Å². The molecule has 1 heterocycles. The number of carbonyl (C=O) groups excluding carboxylic acids is 2. The molecule has 18 heavy (non-hydrogen) atoms. The van der Waals surface area contributed by atoms with Crippen LogP contribution in [0.25, 0.3) is 0 Å². The van der Waals surface area contributed by atoms with Gasteiger partial charge in [-0.15, -0.1) is 0 Å². The van der Waals surface area contributed by atoms with E-state index in [1.54, 1.807) is 19.0 Å². The first kappa shape index (κ1) is 14.8. The zero-order valence-electron chi connectivity index (χ0n) is 11.9. The van der Waals surface area contributed by atoms with Gasteiger partial charge in [0.15, 0.2) is 0 Å². The summed E-state index contributed by atoms with van der Waals surface area (Å²) in [6.45, 7) is 6.25. The molecule has 1 fully saturated rings. The molecule has 5 heteroatoms. The lowest BCUT2D eigenvalue weighted by Crippen LogP contribution is -2.46. The second kappa shape index (κ2) is 6.61. The van der Waals surface area contributed by atoms with Crippen LogP contribution in [-0.4, -0.2) is 55.5 Å². The Kier molecular flexibility index (Phi) is 5.44. The van der Waals surface area contributed by atoms with Crippen molar-refractivity contribution < 1.29 is 9.59 Å². The lowest BCUT2D eigenvalue weighted by Gasteiger charge is -2.33. The zero-order chi connectivity index (χ0) is 13.7. The summed E-state index contributed by atoms with van der Waals surface area (Å²) in [6.07, 6.45) is 1.53. The fourth-order valence-corrected chi connectivity index (χ4v) is 2.06. The van der Waals surface area contributed by atoms with Gasteiger partial charge in [-0.05, 0) is 18.8 Å². The van der Waals surface area contributed by atoms with Crippen molar-refractivity contribution in [2.45, 2.75) is 26.7 Å². The third kappa shape index (κ3) is 4.20. The maximum Gasteiger partial charge on any atom is 0.319 e. The van der Waals surface area contributed by atoms with Crippen LogP contribution in [0.4, 0.5) is 4.79 Å². The molecule has 0 aromatic heterocycles. The summed E-state index contributed by atoms with van der Waals surface area (Å²) < 4.78 is 0. The van der Waals surface area contributed by atoms with Gasteiger partial charge in [-0.1, -0.05) is 13.8 Å². The number of piperidine rings is 1. The first-order chi connectivity index (χ1) is 8.41. The third-order valence-electron chi connectivity index (χ3n) is 3.20. The highest BCUT2D eigenvalue weighted by Crippen LogP contribution is 2.18. The van der Waals surface area contributed by atoms with E-state index in [4.69, 9.17) is 0 Å². The molecule has 0 spiro atoms. The number of amides is 3. The Morgan fingerprint density at radius 2 is 1.83 bits per heavy atom. The molecule has 0 aliphatic carbocycles. The summed E-state index contributed by atoms with van der Waals surface area (Å²) in [4.78, 5) is 27.0. The zero-order valence-corrected chi connectivity index (χ0v) is 11.9. The predicted octanol–water partition coefficient (Wildman–Crippen LogP) is 1.15. The van der Waals surface area contributed by atoms with E-state index in [9.17, 15) is 9.59 Å². The van der Waals surface area contributed by atoms with Crippen molar-refractivity contribution in [1.82, 2.24) is 15.1 Å². The van der Waals surface area contributed by atoms with Crippen LogP contribution < -0.4 is 5.32 Å². The number of carbonyl (C=O) groups is 2. The van der Waals surface area contributed by atoms with Crippen molar-refractivity contribution in [3.8, 4) is 0 Å². The topological polar surface area (TPSA) is 52.7 Å². The molecular weight excluding hydrogens is 230 g/mol. The van der Waals surface area contributed by atoms with Gasteiger partial charge >= 0.3 is 6.03 Å². The second-order valence-electron chi connectivity index (χ2n) is 5.58. The van der Waals surface area contributed by atoms with E-state index < -0.39 is 0 Å². The largest absolute Gasteiger partial charge is 0.356 e. The van der Waals surface area contributed by atoms with Gasteiger partial charge < -0.3 is 15.1 Å². The summed E-state index contributed by atoms with van der Waals surface area (Å²) in [5, 5.41) is 2.97. The Hall–Kier alpha value is -1.26. The molecule has 0 radical (unpaired) electrons. The highest BCUT2D eigenvalue weighted by atomic mass is 16.2. The van der Waals surface area contributed by atoms with Crippen molar-refractivity contribution in [3.05, 3.63) is 0 Å². The molecular formula is C13H25N3O2. The van der Waals surface area contributed by atoms with E-state index in [1.807, 2.05) is 4.90 Å². The number of urea groups is 1. The molecule has 0 aromatic rings. The van der Waals surface area contributed by atoms with Crippen molar-refractivity contribution in [3.63, 3.8) is 0 Å². The van der Waals surface area contributed by atoms with Crippen LogP contribution in [0.1, 0.15) is 26.7 Å². The van der Waals surface area contributed by atoms with E-state index in [-0.39, 0.29) is 17.9 Å². The molecule has 1 N–H and O–H groups in total. The van der Waals surface area contributed by atoms with E-state index in [0.29, 0.717) is 19.0 Å². The normalized spacial score (nSPS) is 16.8. The number of nitrogens with one attached hydrogen (secondary N) is 1. The average molecular weight is 255 g/mol. The first-order valence-corrected chi connectivity index (χ1v) is 6.65. The smallest absolute Gasteiger partial charge is 0.319 e. The van der Waals surface area contributed by atoms with Gasteiger partial charge in [-0.25, -0.2) is 4.79 Å². The van der Waals surface area contributed by atoms with Gasteiger partial charge in [0.05, 0.1) is 0 Å². The van der Waals surface area contributed by atoms with Crippen LogP contribution in [0.15, 0.2) is 0 Å². The minimum Gasteiger partial charge on any atom is -0.356 e. The summed E-state index contributed by atoms with van der Waals surface area (Å²) in [5.74, 6) is 0.681. The van der Waals surface area contributed by atoms with Gasteiger partial charge in [0.25, 0.3) is 0 Å². The predicted molar refractivity (Wildman–Crippen MR) is 71.2 cm³/mol. The van der Waals surface area contributed by atoms with Crippen molar-refractivity contribution in [1.29, 1.82) is 0 Å². The summed E-state index contributed by atoms with van der Waals surface area (Å²) in [5.41, 5.74) is 0. The standard InChI is InChI=1S/C13H25N3O2/c1-10(2)9-14-12(17)11-5-7-16(8-6-11)13(18)15(3)4/h10-11H,5-9H2,1-4H3,(H,14,17). The number of nitrogens with zero attached hydrogens (tertiary/aromatic N) is 2. The Morgan fingerprint density at radius 3 is 2.28 bits per heavy atom. The molecule has 5 nitrogen and oxygen atoms in total. The molecule has 0 saturated carbocycles. The van der Waals surface area contributed by atoms with Gasteiger partial charge in [-0.2, -0.15) is 0 Å². The monoisotopic (exact) mass is 255 g/mol. The Balaban J connectivity index is 2.35. The van der Waals surface area contributed by atoms with Gasteiger partial charge in [0.1, 0.15) is 0 Å². The second-order valence-corrected chi connectivity index (χ2v) is 5.58. The molecule has 0 aromatic carbocycles. The Bertz CT molecular complexity index is 295. The number of likely N-dealkylation sites (tertiary alicyclic amines) is 1. The first-order valence-electron chi connectivity index (χ1n) is 6.65. The van der Waals surface area contributed by atoms with E-state index >= 15 is 0 Å². The van der Waals surface area contributed by atoms with Crippen molar-refractivity contribution in [2.75, 3.05) is 33.7 Å². The quantitative estimate of drug-likeness (QED) is 0.822. The van der Waals surface area contributed by atoms with Crippen molar-refractivity contribution >= 4 is 11.9 Å². The Labute approximate surface area is 110 Å². The van der Waals surface area contributed by atoms with Gasteiger partial charge in [0.2, 0.25) is 5.91 Å². The fraction of sp³-hybridized carbons (Fsp3) is 0.846. The van der Waals surface area contributed by atoms with E-state index in [0.717, 1.165) is 19.4 Å². The minimum atomic E-state index is 0.0380. The molecule has 1 aliphatic heterocycles. The SMILES string of the molecule is CC(C)CNC(=O)C1CCN(C(=O)N(C)C)CC1. The molecule has 1 aliphatic rings. The highest BCUT2D eigenvalue weighted by Gasteiger charge is 2.27. The maximum atomic E-state index is 11.9.